The largest absolute Gasteiger partial charge is 0.378 e. The van der Waals surface area contributed by atoms with Crippen molar-refractivity contribution in [2.75, 3.05) is 38.0 Å². The van der Waals surface area contributed by atoms with Crippen molar-refractivity contribution in [2.24, 2.45) is 0 Å². The molecular formula is C10H14ClN3O3. The molecule has 0 bridgehead atoms. The topological polar surface area (TPSA) is 67.7 Å². The number of halogens is 1. The summed E-state index contributed by atoms with van der Waals surface area (Å²) in [4.78, 5) is 10.3. The first-order valence-corrected chi connectivity index (χ1v) is 5.71. The van der Waals surface area contributed by atoms with Gasteiger partial charge in [0.2, 0.25) is 0 Å². The average molecular weight is 260 g/mol. The number of rotatable bonds is 4. The molecule has 1 aliphatic heterocycles. The van der Waals surface area contributed by atoms with Crippen LogP contribution >= 0.6 is 11.6 Å². The van der Waals surface area contributed by atoms with E-state index in [0.717, 1.165) is 13.1 Å². The van der Waals surface area contributed by atoms with Crippen LogP contribution in [0.5, 0.6) is 0 Å². The van der Waals surface area contributed by atoms with Crippen LogP contribution in [0.25, 0.3) is 0 Å². The lowest BCUT2D eigenvalue weighted by molar-refractivity contribution is -0.0125. The van der Waals surface area contributed by atoms with Crippen molar-refractivity contribution in [3.05, 3.63) is 17.0 Å². The van der Waals surface area contributed by atoms with Crippen molar-refractivity contribution in [2.45, 2.75) is 6.61 Å². The van der Waals surface area contributed by atoms with E-state index in [1.54, 1.807) is 0 Å². The molecule has 0 atom stereocenters. The average Bonchev–Trinajstić information content (AvgIpc) is 2.39. The van der Waals surface area contributed by atoms with Crippen molar-refractivity contribution in [1.82, 2.24) is 9.97 Å². The lowest BCUT2D eigenvalue weighted by Crippen LogP contribution is -2.37. The van der Waals surface area contributed by atoms with Crippen molar-refractivity contribution in [3.8, 4) is 0 Å². The Balaban J connectivity index is 2.15. The van der Waals surface area contributed by atoms with Gasteiger partial charge < -0.3 is 19.5 Å². The third kappa shape index (κ3) is 3.04. The minimum absolute atomic E-state index is 0.176. The van der Waals surface area contributed by atoms with Gasteiger partial charge in [-0.25, -0.2) is 9.97 Å². The number of anilines is 1. The standard InChI is InChI=1S/C10H14ClN3O3/c11-9-8(5-17-7-15)12-6-13-10(9)14-1-3-16-4-2-14/h6,15H,1-5,7H2. The third-order valence-electron chi connectivity index (χ3n) is 2.48. The van der Waals surface area contributed by atoms with Crippen LogP contribution in [-0.4, -0.2) is 48.2 Å². The number of morpholine rings is 1. The van der Waals surface area contributed by atoms with E-state index in [4.69, 9.17) is 26.2 Å². The van der Waals surface area contributed by atoms with E-state index < -0.39 is 0 Å². The van der Waals surface area contributed by atoms with Gasteiger partial charge in [0.25, 0.3) is 0 Å². The van der Waals surface area contributed by atoms with E-state index in [9.17, 15) is 0 Å². The van der Waals surface area contributed by atoms with Crippen molar-refractivity contribution in [3.63, 3.8) is 0 Å². The molecule has 0 saturated carbocycles. The second kappa shape index (κ2) is 6.11. The lowest BCUT2D eigenvalue weighted by atomic mass is 10.3. The summed E-state index contributed by atoms with van der Waals surface area (Å²) in [5, 5.41) is 9.08. The zero-order chi connectivity index (χ0) is 12.1. The van der Waals surface area contributed by atoms with Gasteiger partial charge in [-0.2, -0.15) is 0 Å². The Morgan fingerprint density at radius 2 is 2.18 bits per heavy atom. The molecule has 0 radical (unpaired) electrons. The highest BCUT2D eigenvalue weighted by molar-refractivity contribution is 6.33. The van der Waals surface area contributed by atoms with Crippen molar-refractivity contribution in [1.29, 1.82) is 0 Å². The normalized spacial score (nSPS) is 16.2. The molecule has 94 valence electrons. The Kier molecular flexibility index (Phi) is 4.49. The van der Waals surface area contributed by atoms with Crippen LogP contribution in [0.15, 0.2) is 6.33 Å². The van der Waals surface area contributed by atoms with Gasteiger partial charge in [-0.1, -0.05) is 11.6 Å². The van der Waals surface area contributed by atoms with E-state index in [1.807, 2.05) is 0 Å². The molecule has 2 heterocycles. The number of aliphatic hydroxyl groups is 1. The Labute approximate surface area is 104 Å². The molecule has 0 amide bonds. The quantitative estimate of drug-likeness (QED) is 0.791. The Hall–Kier alpha value is -0.950. The number of aromatic nitrogens is 2. The van der Waals surface area contributed by atoms with E-state index in [2.05, 4.69) is 14.9 Å². The highest BCUT2D eigenvalue weighted by atomic mass is 35.5. The molecule has 7 heteroatoms. The maximum absolute atomic E-state index is 8.60. The fourth-order valence-corrected chi connectivity index (χ4v) is 1.91. The zero-order valence-electron chi connectivity index (χ0n) is 9.30. The van der Waals surface area contributed by atoms with Crippen molar-refractivity contribution >= 4 is 17.4 Å². The molecule has 1 aromatic heterocycles. The maximum atomic E-state index is 8.60. The number of ether oxygens (including phenoxy) is 2. The maximum Gasteiger partial charge on any atom is 0.151 e. The molecule has 1 saturated heterocycles. The first-order valence-electron chi connectivity index (χ1n) is 5.33. The van der Waals surface area contributed by atoms with Gasteiger partial charge in [0, 0.05) is 13.1 Å². The van der Waals surface area contributed by atoms with Gasteiger partial charge in [-0.15, -0.1) is 0 Å². The summed E-state index contributed by atoms with van der Waals surface area (Å²) in [6.07, 6.45) is 1.45. The molecule has 0 aliphatic carbocycles. The number of hydrogen-bond donors (Lipinski definition) is 1. The van der Waals surface area contributed by atoms with Crippen LogP contribution in [0, 0.1) is 0 Å². The van der Waals surface area contributed by atoms with E-state index in [-0.39, 0.29) is 13.4 Å². The van der Waals surface area contributed by atoms with Crippen molar-refractivity contribution < 1.29 is 14.6 Å². The van der Waals surface area contributed by atoms with Gasteiger partial charge in [0.1, 0.15) is 18.1 Å². The minimum atomic E-state index is -0.354. The summed E-state index contributed by atoms with van der Waals surface area (Å²) in [7, 11) is 0. The molecular weight excluding hydrogens is 246 g/mol. The summed E-state index contributed by atoms with van der Waals surface area (Å²) in [5.74, 6) is 0.696. The monoisotopic (exact) mass is 259 g/mol. The molecule has 0 spiro atoms. The molecule has 1 aliphatic rings. The smallest absolute Gasteiger partial charge is 0.151 e. The van der Waals surface area contributed by atoms with Gasteiger partial charge in [0.15, 0.2) is 5.82 Å². The van der Waals surface area contributed by atoms with Crippen LogP contribution in [0.2, 0.25) is 5.02 Å². The Bertz CT molecular complexity index is 372. The summed E-state index contributed by atoms with van der Waals surface area (Å²) >= 11 is 6.21. The third-order valence-corrected chi connectivity index (χ3v) is 2.87. The molecule has 1 aromatic rings. The summed E-state index contributed by atoms with van der Waals surface area (Å²) in [6.45, 7) is 2.68. The van der Waals surface area contributed by atoms with Crippen LogP contribution in [0.4, 0.5) is 5.82 Å². The molecule has 2 rings (SSSR count). The SMILES string of the molecule is OCOCc1ncnc(N2CCOCC2)c1Cl. The fraction of sp³-hybridized carbons (Fsp3) is 0.600. The van der Waals surface area contributed by atoms with Crippen LogP contribution < -0.4 is 4.90 Å². The molecule has 0 aromatic carbocycles. The van der Waals surface area contributed by atoms with Gasteiger partial charge in [-0.3, -0.25) is 0 Å². The van der Waals surface area contributed by atoms with Gasteiger partial charge in [-0.05, 0) is 0 Å². The minimum Gasteiger partial charge on any atom is -0.378 e. The first kappa shape index (κ1) is 12.5. The van der Waals surface area contributed by atoms with Crippen LogP contribution in [-0.2, 0) is 16.1 Å². The zero-order valence-corrected chi connectivity index (χ0v) is 10.1. The van der Waals surface area contributed by atoms with E-state index in [1.165, 1.54) is 6.33 Å². The van der Waals surface area contributed by atoms with Crippen LogP contribution in [0.3, 0.4) is 0 Å². The molecule has 17 heavy (non-hydrogen) atoms. The van der Waals surface area contributed by atoms with Crippen LogP contribution in [0.1, 0.15) is 5.69 Å². The molecule has 6 nitrogen and oxygen atoms in total. The highest BCUT2D eigenvalue weighted by Gasteiger charge is 2.18. The van der Waals surface area contributed by atoms with Gasteiger partial charge >= 0.3 is 0 Å². The second-order valence-electron chi connectivity index (χ2n) is 3.53. The van der Waals surface area contributed by atoms with Gasteiger partial charge in [0.05, 0.1) is 25.5 Å². The predicted molar refractivity (Wildman–Crippen MR) is 61.9 cm³/mol. The molecule has 1 N–H and O–H groups in total. The number of aliphatic hydroxyl groups excluding tert-OH is 1. The van der Waals surface area contributed by atoms with E-state index in [0.29, 0.717) is 29.7 Å². The Morgan fingerprint density at radius 1 is 1.41 bits per heavy atom. The first-order chi connectivity index (χ1) is 8.33. The Morgan fingerprint density at radius 3 is 2.88 bits per heavy atom. The predicted octanol–water partition coefficient (Wildman–Crippen LogP) is 0.433. The fourth-order valence-electron chi connectivity index (χ4n) is 1.63. The lowest BCUT2D eigenvalue weighted by Gasteiger charge is -2.28. The second-order valence-corrected chi connectivity index (χ2v) is 3.91. The summed E-state index contributed by atoms with van der Waals surface area (Å²) < 4.78 is 10.2. The highest BCUT2D eigenvalue weighted by Crippen LogP contribution is 2.26. The number of hydrogen-bond acceptors (Lipinski definition) is 6. The number of nitrogens with zero attached hydrogens (tertiary/aromatic N) is 3. The molecule has 1 fully saturated rings. The van der Waals surface area contributed by atoms with E-state index >= 15 is 0 Å². The molecule has 0 unspecified atom stereocenters. The summed E-state index contributed by atoms with van der Waals surface area (Å²) in [5.41, 5.74) is 0.581. The summed E-state index contributed by atoms with van der Waals surface area (Å²) in [6, 6.07) is 0.